The van der Waals surface area contributed by atoms with Crippen LogP contribution in [0.4, 0.5) is 4.79 Å². The fourth-order valence-electron chi connectivity index (χ4n) is 1.60. The molecule has 0 saturated heterocycles. The molecule has 0 aliphatic carbocycles. The molecule has 5 heteroatoms. The second-order valence-electron chi connectivity index (χ2n) is 4.99. The third-order valence-corrected chi connectivity index (χ3v) is 3.52. The Morgan fingerprint density at radius 2 is 2.06 bits per heavy atom. The molecular formula is C13H13BrClNO2. The minimum atomic E-state index is -0.517. The molecule has 0 amide bonds. The fraction of sp³-hybridized carbons (Fsp3) is 0.308. The maximum atomic E-state index is 12.0. The topological polar surface area (TPSA) is 31.2 Å². The zero-order chi connectivity index (χ0) is 13.5. The lowest BCUT2D eigenvalue weighted by Gasteiger charge is -2.19. The van der Waals surface area contributed by atoms with Gasteiger partial charge >= 0.3 is 6.09 Å². The van der Waals surface area contributed by atoms with Crippen molar-refractivity contribution in [2.24, 2.45) is 0 Å². The van der Waals surface area contributed by atoms with Gasteiger partial charge in [-0.3, -0.25) is 4.57 Å². The maximum absolute atomic E-state index is 12.0. The lowest BCUT2D eigenvalue weighted by molar-refractivity contribution is 0.0544. The Balaban J connectivity index is 2.46. The number of ether oxygens (including phenoxy) is 1. The summed E-state index contributed by atoms with van der Waals surface area (Å²) in [6.45, 7) is 5.51. The highest BCUT2D eigenvalue weighted by Gasteiger charge is 2.19. The summed E-state index contributed by atoms with van der Waals surface area (Å²) in [5.74, 6) is 0. The van der Waals surface area contributed by atoms with Crippen molar-refractivity contribution in [3.05, 3.63) is 33.9 Å². The Morgan fingerprint density at radius 1 is 1.39 bits per heavy atom. The van der Waals surface area contributed by atoms with Crippen LogP contribution in [0, 0.1) is 0 Å². The molecule has 0 aliphatic rings. The van der Waals surface area contributed by atoms with E-state index in [0.717, 1.165) is 15.4 Å². The van der Waals surface area contributed by atoms with Crippen molar-refractivity contribution in [1.29, 1.82) is 0 Å². The highest BCUT2D eigenvalue weighted by molar-refractivity contribution is 9.10. The van der Waals surface area contributed by atoms with E-state index in [1.807, 2.05) is 39.0 Å². The first-order valence-electron chi connectivity index (χ1n) is 5.47. The van der Waals surface area contributed by atoms with Crippen LogP contribution in [0.25, 0.3) is 10.9 Å². The number of rotatable bonds is 0. The number of nitrogens with zero attached hydrogens (tertiary/aromatic N) is 1. The summed E-state index contributed by atoms with van der Waals surface area (Å²) in [6.07, 6.45) is 1.29. The lowest BCUT2D eigenvalue weighted by atomic mass is 10.2. The molecule has 0 aliphatic heterocycles. The van der Waals surface area contributed by atoms with E-state index in [4.69, 9.17) is 16.3 Å². The van der Waals surface area contributed by atoms with Gasteiger partial charge in [0, 0.05) is 16.1 Å². The number of carbonyl (C=O) groups is 1. The molecular weight excluding hydrogens is 318 g/mol. The van der Waals surface area contributed by atoms with Gasteiger partial charge in [-0.05, 0) is 54.9 Å². The molecule has 0 spiro atoms. The minimum Gasteiger partial charge on any atom is -0.443 e. The molecule has 0 N–H and O–H groups in total. The van der Waals surface area contributed by atoms with Crippen molar-refractivity contribution >= 4 is 44.5 Å². The molecule has 3 nitrogen and oxygen atoms in total. The number of halogens is 2. The second-order valence-corrected chi connectivity index (χ2v) is 6.25. The van der Waals surface area contributed by atoms with E-state index in [9.17, 15) is 4.79 Å². The van der Waals surface area contributed by atoms with Crippen LogP contribution < -0.4 is 0 Å². The first-order chi connectivity index (χ1) is 8.28. The van der Waals surface area contributed by atoms with Crippen LogP contribution in [0.5, 0.6) is 0 Å². The van der Waals surface area contributed by atoms with Gasteiger partial charge in [-0.25, -0.2) is 4.79 Å². The van der Waals surface area contributed by atoms with Crippen molar-refractivity contribution in [3.63, 3.8) is 0 Å². The van der Waals surface area contributed by atoms with E-state index in [-0.39, 0.29) is 0 Å². The zero-order valence-electron chi connectivity index (χ0n) is 10.3. The van der Waals surface area contributed by atoms with Crippen LogP contribution in [-0.4, -0.2) is 16.3 Å². The van der Waals surface area contributed by atoms with E-state index in [1.165, 1.54) is 4.57 Å². The molecule has 0 bridgehead atoms. The molecule has 2 aromatic rings. The van der Waals surface area contributed by atoms with Gasteiger partial charge in [0.05, 0.1) is 10.5 Å². The SMILES string of the molecule is CC(C)(C)OC(=O)n1ccc2cc(Cl)c(Br)cc21. The van der Waals surface area contributed by atoms with Crippen LogP contribution in [0.1, 0.15) is 20.8 Å². The largest absolute Gasteiger partial charge is 0.443 e. The van der Waals surface area contributed by atoms with E-state index < -0.39 is 11.7 Å². The van der Waals surface area contributed by atoms with Crippen LogP contribution in [0.2, 0.25) is 5.02 Å². The Bertz CT molecular complexity index is 613. The Labute approximate surface area is 119 Å². The van der Waals surface area contributed by atoms with E-state index in [2.05, 4.69) is 15.9 Å². The first kappa shape index (κ1) is 13.4. The maximum Gasteiger partial charge on any atom is 0.418 e. The van der Waals surface area contributed by atoms with Gasteiger partial charge in [0.2, 0.25) is 0 Å². The summed E-state index contributed by atoms with van der Waals surface area (Å²) < 4.78 is 7.56. The molecule has 1 aromatic heterocycles. The Morgan fingerprint density at radius 3 is 2.67 bits per heavy atom. The summed E-state index contributed by atoms with van der Waals surface area (Å²) in [6, 6.07) is 5.45. The molecule has 0 saturated carbocycles. The van der Waals surface area contributed by atoms with Crippen molar-refractivity contribution in [2.75, 3.05) is 0 Å². The number of hydrogen-bond acceptors (Lipinski definition) is 2. The van der Waals surface area contributed by atoms with Crippen LogP contribution >= 0.6 is 27.5 Å². The second kappa shape index (κ2) is 4.59. The molecule has 0 radical (unpaired) electrons. The number of hydrogen-bond donors (Lipinski definition) is 0. The summed E-state index contributed by atoms with van der Waals surface area (Å²) >= 11 is 9.36. The monoisotopic (exact) mass is 329 g/mol. The molecule has 1 heterocycles. The van der Waals surface area contributed by atoms with E-state index in [0.29, 0.717) is 5.02 Å². The fourth-order valence-corrected chi connectivity index (χ4v) is 2.10. The standard InChI is InChI=1S/C13H13BrClNO2/c1-13(2,3)18-12(17)16-5-4-8-6-10(15)9(14)7-11(8)16/h4-7H,1-3H3. The molecule has 1 aromatic carbocycles. The normalized spacial score (nSPS) is 11.8. The predicted molar refractivity (Wildman–Crippen MR) is 76.3 cm³/mol. The van der Waals surface area contributed by atoms with Gasteiger partial charge in [-0.15, -0.1) is 0 Å². The molecule has 18 heavy (non-hydrogen) atoms. The molecule has 96 valence electrons. The summed E-state index contributed by atoms with van der Waals surface area (Å²) in [5.41, 5.74) is 0.248. The highest BCUT2D eigenvalue weighted by atomic mass is 79.9. The number of fused-ring (bicyclic) bond motifs is 1. The van der Waals surface area contributed by atoms with Crippen molar-refractivity contribution < 1.29 is 9.53 Å². The van der Waals surface area contributed by atoms with E-state index in [1.54, 1.807) is 6.20 Å². The number of carbonyl (C=O) groups excluding carboxylic acids is 1. The van der Waals surface area contributed by atoms with Gasteiger partial charge in [0.15, 0.2) is 0 Å². The molecule has 2 rings (SSSR count). The van der Waals surface area contributed by atoms with Crippen molar-refractivity contribution in [3.8, 4) is 0 Å². The van der Waals surface area contributed by atoms with E-state index >= 15 is 0 Å². The Kier molecular flexibility index (Phi) is 3.43. The minimum absolute atomic E-state index is 0.397. The summed E-state index contributed by atoms with van der Waals surface area (Å²) in [4.78, 5) is 12.0. The number of aromatic nitrogens is 1. The summed E-state index contributed by atoms with van der Waals surface area (Å²) in [7, 11) is 0. The van der Waals surface area contributed by atoms with Crippen LogP contribution in [0.15, 0.2) is 28.9 Å². The van der Waals surface area contributed by atoms with Crippen molar-refractivity contribution in [1.82, 2.24) is 4.57 Å². The third-order valence-electron chi connectivity index (χ3n) is 2.32. The van der Waals surface area contributed by atoms with Crippen LogP contribution in [0.3, 0.4) is 0 Å². The number of benzene rings is 1. The quantitative estimate of drug-likeness (QED) is 0.692. The van der Waals surface area contributed by atoms with Crippen LogP contribution in [-0.2, 0) is 4.74 Å². The third kappa shape index (κ3) is 2.70. The smallest absolute Gasteiger partial charge is 0.418 e. The van der Waals surface area contributed by atoms with Crippen molar-refractivity contribution in [2.45, 2.75) is 26.4 Å². The zero-order valence-corrected chi connectivity index (χ0v) is 12.7. The molecule has 0 fully saturated rings. The van der Waals surface area contributed by atoms with Gasteiger partial charge in [0.25, 0.3) is 0 Å². The first-order valence-corrected chi connectivity index (χ1v) is 6.64. The predicted octanol–water partition coefficient (Wildman–Crippen LogP) is 4.84. The molecule has 0 unspecified atom stereocenters. The average molecular weight is 331 g/mol. The summed E-state index contributed by atoms with van der Waals surface area (Å²) in [5, 5.41) is 1.51. The average Bonchev–Trinajstić information content (AvgIpc) is 2.59. The van der Waals surface area contributed by atoms with Gasteiger partial charge in [-0.2, -0.15) is 0 Å². The molecule has 0 atom stereocenters. The van der Waals surface area contributed by atoms with Gasteiger partial charge in [0.1, 0.15) is 5.60 Å². The van der Waals surface area contributed by atoms with Gasteiger partial charge < -0.3 is 4.74 Å². The van der Waals surface area contributed by atoms with Gasteiger partial charge in [-0.1, -0.05) is 11.6 Å². The highest BCUT2D eigenvalue weighted by Crippen LogP contribution is 2.29. The lowest BCUT2D eigenvalue weighted by Crippen LogP contribution is -2.26. The Hall–Kier alpha value is -1.000.